The monoisotopic (exact) mass is 507 g/mol. The number of anilines is 4. The first-order chi connectivity index (χ1) is 17.3. The first-order valence-corrected chi connectivity index (χ1v) is 13.5. The third-order valence-corrected chi connectivity index (χ3v) is 7.41. The fraction of sp³-hybridized carbons (Fsp3) is 0.333. The van der Waals surface area contributed by atoms with Crippen molar-refractivity contribution in [1.29, 1.82) is 0 Å². The first kappa shape index (κ1) is 23.9. The van der Waals surface area contributed by atoms with E-state index in [1.54, 1.807) is 23.3 Å². The molecule has 5 rings (SSSR count). The van der Waals surface area contributed by atoms with Crippen molar-refractivity contribution < 1.29 is 8.42 Å². The highest BCUT2D eigenvalue weighted by Crippen LogP contribution is 2.24. The molecule has 1 aromatic carbocycles. The molecule has 1 aliphatic rings. The minimum atomic E-state index is -3.48. The SMILES string of the molecule is CC1CN(c2ccc(Nc3cc4c(cn3)cnn4Cc3nccnc3N(C)S(C)(=O)=O)cc2)CCN1. The smallest absolute Gasteiger partial charge is 0.233 e. The van der Waals surface area contributed by atoms with Crippen LogP contribution in [-0.2, 0) is 16.6 Å². The third kappa shape index (κ3) is 5.09. The maximum Gasteiger partial charge on any atom is 0.233 e. The number of sulfonamides is 1. The van der Waals surface area contributed by atoms with Crippen LogP contribution in [0.1, 0.15) is 12.6 Å². The lowest BCUT2D eigenvalue weighted by molar-refractivity contribution is 0.485. The van der Waals surface area contributed by atoms with Gasteiger partial charge in [-0.25, -0.2) is 18.4 Å². The highest BCUT2D eigenvalue weighted by atomic mass is 32.2. The van der Waals surface area contributed by atoms with Gasteiger partial charge in [-0.05, 0) is 31.2 Å². The molecule has 1 saturated heterocycles. The predicted molar refractivity (Wildman–Crippen MR) is 141 cm³/mol. The van der Waals surface area contributed by atoms with Crippen LogP contribution < -0.4 is 19.8 Å². The molecule has 0 bridgehead atoms. The fourth-order valence-electron chi connectivity index (χ4n) is 4.27. The Bertz CT molecular complexity index is 1470. The van der Waals surface area contributed by atoms with Crippen molar-refractivity contribution in [2.45, 2.75) is 19.5 Å². The number of pyridine rings is 1. The second-order valence-electron chi connectivity index (χ2n) is 8.96. The lowest BCUT2D eigenvalue weighted by Crippen LogP contribution is -2.49. The largest absolute Gasteiger partial charge is 0.369 e. The van der Waals surface area contributed by atoms with Crippen LogP contribution in [0.4, 0.5) is 23.0 Å². The Morgan fingerprint density at radius 3 is 2.67 bits per heavy atom. The van der Waals surface area contributed by atoms with Gasteiger partial charge >= 0.3 is 0 Å². The minimum absolute atomic E-state index is 0.258. The number of aromatic nitrogens is 5. The van der Waals surface area contributed by atoms with Crippen LogP contribution in [0.2, 0.25) is 0 Å². The Labute approximate surface area is 210 Å². The van der Waals surface area contributed by atoms with Crippen LogP contribution in [0.3, 0.4) is 0 Å². The van der Waals surface area contributed by atoms with Crippen molar-refractivity contribution in [1.82, 2.24) is 30.0 Å². The molecule has 12 heteroatoms. The summed E-state index contributed by atoms with van der Waals surface area (Å²) < 4.78 is 27.0. The zero-order valence-corrected chi connectivity index (χ0v) is 21.3. The van der Waals surface area contributed by atoms with Crippen molar-refractivity contribution in [3.05, 3.63) is 60.8 Å². The van der Waals surface area contributed by atoms with E-state index in [0.717, 1.165) is 46.8 Å². The number of nitrogens with one attached hydrogen (secondary N) is 2. The zero-order valence-electron chi connectivity index (χ0n) is 20.5. The van der Waals surface area contributed by atoms with E-state index in [0.29, 0.717) is 17.6 Å². The van der Waals surface area contributed by atoms with Gasteiger partial charge in [-0.15, -0.1) is 0 Å². The zero-order chi connectivity index (χ0) is 25.3. The molecule has 3 aromatic heterocycles. The van der Waals surface area contributed by atoms with Gasteiger partial charge in [-0.3, -0.25) is 14.0 Å². The molecule has 2 N–H and O–H groups in total. The summed E-state index contributed by atoms with van der Waals surface area (Å²) in [7, 11) is -2.02. The van der Waals surface area contributed by atoms with Gasteiger partial charge in [0.25, 0.3) is 0 Å². The summed E-state index contributed by atoms with van der Waals surface area (Å²) in [6.07, 6.45) is 7.64. The molecule has 0 aliphatic carbocycles. The van der Waals surface area contributed by atoms with E-state index < -0.39 is 10.0 Å². The Morgan fingerprint density at radius 1 is 1.14 bits per heavy atom. The molecule has 0 spiro atoms. The summed E-state index contributed by atoms with van der Waals surface area (Å²) in [4.78, 5) is 15.5. The Kier molecular flexibility index (Phi) is 6.46. The predicted octanol–water partition coefficient (Wildman–Crippen LogP) is 2.21. The van der Waals surface area contributed by atoms with E-state index in [-0.39, 0.29) is 12.4 Å². The normalized spacial score (nSPS) is 16.3. The van der Waals surface area contributed by atoms with Crippen molar-refractivity contribution >= 4 is 43.9 Å². The van der Waals surface area contributed by atoms with Crippen molar-refractivity contribution in [3.8, 4) is 0 Å². The first-order valence-electron chi connectivity index (χ1n) is 11.7. The number of piperazine rings is 1. The maximum atomic E-state index is 12.1. The summed E-state index contributed by atoms with van der Waals surface area (Å²) >= 11 is 0. The molecule has 11 nitrogen and oxygen atoms in total. The molecule has 1 aliphatic heterocycles. The Hall–Kier alpha value is -3.77. The standard InChI is InChI=1S/C24H29N9O2S/c1-17-15-32(11-10-25-17)20-6-4-19(5-7-20)30-23-12-22-18(13-28-23)14-29-33(22)16-21-24(27-9-8-26-21)31(2)36(3,34)35/h4-9,12-14,17,25H,10-11,15-16H2,1-3H3,(H,28,30). The van der Waals surface area contributed by atoms with Gasteiger partial charge in [-0.2, -0.15) is 5.10 Å². The number of rotatable bonds is 7. The minimum Gasteiger partial charge on any atom is -0.369 e. The van der Waals surface area contributed by atoms with Crippen LogP contribution in [-0.4, -0.2) is 72.1 Å². The molecule has 4 aromatic rings. The van der Waals surface area contributed by atoms with E-state index in [1.165, 1.54) is 18.9 Å². The van der Waals surface area contributed by atoms with E-state index in [9.17, 15) is 8.42 Å². The second kappa shape index (κ2) is 9.70. The maximum absolute atomic E-state index is 12.1. The van der Waals surface area contributed by atoms with Gasteiger partial charge in [0, 0.05) is 74.1 Å². The van der Waals surface area contributed by atoms with Crippen molar-refractivity contribution in [2.75, 3.05) is 47.5 Å². The highest BCUT2D eigenvalue weighted by Gasteiger charge is 2.19. The number of nitrogens with zero attached hydrogens (tertiary/aromatic N) is 7. The lowest BCUT2D eigenvalue weighted by atomic mass is 10.2. The van der Waals surface area contributed by atoms with Crippen LogP contribution in [0.5, 0.6) is 0 Å². The molecule has 188 valence electrons. The lowest BCUT2D eigenvalue weighted by Gasteiger charge is -2.33. The third-order valence-electron chi connectivity index (χ3n) is 6.25. The number of hydrogen-bond acceptors (Lipinski definition) is 9. The molecule has 36 heavy (non-hydrogen) atoms. The van der Waals surface area contributed by atoms with Crippen LogP contribution in [0.25, 0.3) is 10.9 Å². The average Bonchev–Trinajstić information content (AvgIpc) is 3.26. The van der Waals surface area contributed by atoms with Crippen molar-refractivity contribution in [3.63, 3.8) is 0 Å². The molecular formula is C24H29N9O2S. The fourth-order valence-corrected chi connectivity index (χ4v) is 4.74. The molecule has 0 saturated carbocycles. The van der Waals surface area contributed by atoms with E-state index in [1.807, 2.05) is 6.07 Å². The molecule has 1 fully saturated rings. The summed E-state index contributed by atoms with van der Waals surface area (Å²) in [5, 5.41) is 12.2. The summed E-state index contributed by atoms with van der Waals surface area (Å²) in [5.41, 5.74) is 3.48. The number of benzene rings is 1. The molecule has 1 atom stereocenters. The molecule has 0 amide bonds. The van der Waals surface area contributed by atoms with Crippen molar-refractivity contribution in [2.24, 2.45) is 0 Å². The average molecular weight is 508 g/mol. The van der Waals surface area contributed by atoms with Gasteiger partial charge in [0.1, 0.15) is 11.5 Å². The number of fused-ring (bicyclic) bond motifs is 1. The molecular weight excluding hydrogens is 478 g/mol. The van der Waals surface area contributed by atoms with Gasteiger partial charge in [0.15, 0.2) is 5.82 Å². The highest BCUT2D eigenvalue weighted by molar-refractivity contribution is 7.92. The summed E-state index contributed by atoms with van der Waals surface area (Å²) in [5.74, 6) is 0.954. The quantitative estimate of drug-likeness (QED) is 0.388. The van der Waals surface area contributed by atoms with E-state index in [2.05, 4.69) is 66.8 Å². The van der Waals surface area contributed by atoms with Crippen LogP contribution in [0.15, 0.2) is 55.1 Å². The molecule has 1 unspecified atom stereocenters. The molecule has 4 heterocycles. The van der Waals surface area contributed by atoms with E-state index in [4.69, 9.17) is 0 Å². The Morgan fingerprint density at radius 2 is 1.92 bits per heavy atom. The topological polar surface area (TPSA) is 121 Å². The van der Waals surface area contributed by atoms with Crippen LogP contribution in [0, 0.1) is 0 Å². The summed E-state index contributed by atoms with van der Waals surface area (Å²) in [6.45, 7) is 5.42. The van der Waals surface area contributed by atoms with E-state index >= 15 is 0 Å². The van der Waals surface area contributed by atoms with Crippen LogP contribution >= 0.6 is 0 Å². The Balaban J connectivity index is 1.36. The summed E-state index contributed by atoms with van der Waals surface area (Å²) in [6, 6.07) is 10.7. The number of hydrogen-bond donors (Lipinski definition) is 2. The van der Waals surface area contributed by atoms with Gasteiger partial charge in [0.2, 0.25) is 10.0 Å². The van der Waals surface area contributed by atoms with Gasteiger partial charge in [0.05, 0.1) is 24.5 Å². The van der Waals surface area contributed by atoms with Gasteiger partial charge in [-0.1, -0.05) is 0 Å². The molecule has 0 radical (unpaired) electrons. The van der Waals surface area contributed by atoms with Gasteiger partial charge < -0.3 is 15.5 Å². The second-order valence-corrected chi connectivity index (χ2v) is 11.0.